The third-order valence-corrected chi connectivity index (χ3v) is 13.6. The van der Waals surface area contributed by atoms with Crippen LogP contribution in [0.2, 0.25) is 0 Å². The fourth-order valence-electron chi connectivity index (χ4n) is 9.44. The van der Waals surface area contributed by atoms with Gasteiger partial charge in [0.2, 0.25) is 0 Å². The van der Waals surface area contributed by atoms with E-state index < -0.39 is 0 Å². The van der Waals surface area contributed by atoms with Crippen LogP contribution in [0.3, 0.4) is 0 Å². The van der Waals surface area contributed by atoms with E-state index in [2.05, 4.69) is 252 Å². The van der Waals surface area contributed by atoms with Crippen LogP contribution in [0.15, 0.2) is 243 Å². The van der Waals surface area contributed by atoms with E-state index in [0.717, 1.165) is 28.3 Å². The van der Waals surface area contributed by atoms with Crippen LogP contribution in [-0.2, 0) is 0 Å². The molecule has 0 fully saturated rings. The number of thiophene rings is 1. The first-order chi connectivity index (χ1) is 31.2. The van der Waals surface area contributed by atoms with E-state index in [-0.39, 0.29) is 0 Å². The predicted molar refractivity (Wildman–Crippen MR) is 270 cm³/mol. The molecule has 0 radical (unpaired) electrons. The van der Waals surface area contributed by atoms with Crippen molar-refractivity contribution in [3.8, 4) is 50.2 Å². The van der Waals surface area contributed by atoms with Crippen molar-refractivity contribution >= 4 is 70.4 Å². The molecule has 0 atom stereocenters. The van der Waals surface area contributed by atoms with Crippen LogP contribution >= 0.6 is 11.3 Å². The molecule has 0 bridgehead atoms. The summed E-state index contributed by atoms with van der Waals surface area (Å²) in [6.45, 7) is 0. The lowest BCUT2D eigenvalue weighted by Gasteiger charge is -2.26. The standard InChI is InChI=1S/C60H40N2S/c1-2-14-42(15-3-1)49-16-4-5-17-50(49)43-28-35-47(36-29-43)61(46-33-26-41(27-34-46)45-32-39-60-55(40-45)54-21-9-13-25-59(54)63-60)48-37-30-44(31-38-48)51-18-6-10-22-56(51)62-57-23-11-7-19-52(57)53-20-8-12-24-58(53)62/h1-40H. The topological polar surface area (TPSA) is 8.17 Å². The Morgan fingerprint density at radius 1 is 0.286 bits per heavy atom. The van der Waals surface area contributed by atoms with E-state index in [1.165, 1.54) is 80.9 Å². The number of hydrogen-bond donors (Lipinski definition) is 0. The molecule has 10 aromatic carbocycles. The minimum atomic E-state index is 1.09. The van der Waals surface area contributed by atoms with Crippen LogP contribution < -0.4 is 4.90 Å². The van der Waals surface area contributed by atoms with Gasteiger partial charge in [-0.05, 0) is 112 Å². The first kappa shape index (κ1) is 36.8. The number of hydrogen-bond acceptors (Lipinski definition) is 2. The van der Waals surface area contributed by atoms with Gasteiger partial charge >= 0.3 is 0 Å². The third-order valence-electron chi connectivity index (χ3n) is 12.4. The fourth-order valence-corrected chi connectivity index (χ4v) is 10.5. The molecule has 3 heteroatoms. The second-order valence-electron chi connectivity index (χ2n) is 16.1. The summed E-state index contributed by atoms with van der Waals surface area (Å²) in [6, 6.07) is 88.3. The van der Waals surface area contributed by atoms with Gasteiger partial charge in [-0.25, -0.2) is 0 Å². The number of fused-ring (bicyclic) bond motifs is 6. The molecular weight excluding hydrogens is 781 g/mol. The largest absolute Gasteiger partial charge is 0.311 e. The van der Waals surface area contributed by atoms with Crippen LogP contribution in [0.5, 0.6) is 0 Å². The molecule has 12 aromatic rings. The molecule has 0 saturated heterocycles. The van der Waals surface area contributed by atoms with Crippen molar-refractivity contribution in [2.24, 2.45) is 0 Å². The highest BCUT2D eigenvalue weighted by Gasteiger charge is 2.18. The Bertz CT molecular complexity index is 3550. The Kier molecular flexibility index (Phi) is 9.06. The Hall–Kier alpha value is -7.98. The summed E-state index contributed by atoms with van der Waals surface area (Å²) in [7, 11) is 0. The summed E-state index contributed by atoms with van der Waals surface area (Å²) in [5.41, 5.74) is 16.4. The molecule has 0 spiro atoms. The summed E-state index contributed by atoms with van der Waals surface area (Å²) in [5.74, 6) is 0. The number of aromatic nitrogens is 1. The average molecular weight is 821 g/mol. The molecule has 0 N–H and O–H groups in total. The Morgan fingerprint density at radius 2 is 0.714 bits per heavy atom. The quantitative estimate of drug-likeness (QED) is 0.148. The molecule has 0 unspecified atom stereocenters. The maximum atomic E-state index is 2.41. The molecule has 0 aliphatic heterocycles. The lowest BCUT2D eigenvalue weighted by Crippen LogP contribution is -2.10. The van der Waals surface area contributed by atoms with Gasteiger partial charge in [-0.1, -0.05) is 170 Å². The summed E-state index contributed by atoms with van der Waals surface area (Å²) in [4.78, 5) is 2.37. The second kappa shape index (κ2) is 15.5. The predicted octanol–water partition coefficient (Wildman–Crippen LogP) is 17.3. The summed E-state index contributed by atoms with van der Waals surface area (Å²) in [5, 5.41) is 5.15. The van der Waals surface area contributed by atoms with Gasteiger partial charge in [-0.15, -0.1) is 11.3 Å². The van der Waals surface area contributed by atoms with Crippen LogP contribution in [0.25, 0.3) is 92.2 Å². The molecule has 63 heavy (non-hydrogen) atoms. The zero-order valence-electron chi connectivity index (χ0n) is 34.4. The van der Waals surface area contributed by atoms with Crippen molar-refractivity contribution in [1.29, 1.82) is 0 Å². The van der Waals surface area contributed by atoms with Crippen LogP contribution in [0, 0.1) is 0 Å². The van der Waals surface area contributed by atoms with Crippen molar-refractivity contribution in [3.63, 3.8) is 0 Å². The molecular formula is C60H40N2S. The van der Waals surface area contributed by atoms with Gasteiger partial charge in [-0.2, -0.15) is 0 Å². The molecule has 0 aliphatic carbocycles. The molecule has 2 aromatic heterocycles. The Labute approximate surface area is 370 Å². The summed E-state index contributed by atoms with van der Waals surface area (Å²) >= 11 is 1.86. The van der Waals surface area contributed by atoms with Gasteiger partial charge in [0.25, 0.3) is 0 Å². The van der Waals surface area contributed by atoms with Gasteiger partial charge in [0.15, 0.2) is 0 Å². The van der Waals surface area contributed by atoms with E-state index in [1.807, 2.05) is 11.3 Å². The smallest absolute Gasteiger partial charge is 0.0541 e. The second-order valence-corrected chi connectivity index (χ2v) is 17.2. The molecule has 296 valence electrons. The van der Waals surface area contributed by atoms with Gasteiger partial charge < -0.3 is 9.47 Å². The van der Waals surface area contributed by atoms with Crippen LogP contribution in [0.1, 0.15) is 0 Å². The maximum Gasteiger partial charge on any atom is 0.0541 e. The lowest BCUT2D eigenvalue weighted by molar-refractivity contribution is 1.18. The molecule has 2 nitrogen and oxygen atoms in total. The minimum Gasteiger partial charge on any atom is -0.311 e. The minimum absolute atomic E-state index is 1.09. The van der Waals surface area contributed by atoms with Crippen molar-refractivity contribution in [2.75, 3.05) is 4.90 Å². The number of para-hydroxylation sites is 3. The molecule has 0 aliphatic rings. The highest BCUT2D eigenvalue weighted by Crippen LogP contribution is 2.42. The number of anilines is 3. The van der Waals surface area contributed by atoms with Crippen molar-refractivity contribution in [1.82, 2.24) is 4.57 Å². The molecule has 12 rings (SSSR count). The Balaban J connectivity index is 0.945. The van der Waals surface area contributed by atoms with Gasteiger partial charge in [0.05, 0.1) is 16.7 Å². The van der Waals surface area contributed by atoms with Gasteiger partial charge in [-0.3, -0.25) is 0 Å². The van der Waals surface area contributed by atoms with E-state index in [1.54, 1.807) is 0 Å². The van der Waals surface area contributed by atoms with E-state index in [9.17, 15) is 0 Å². The lowest BCUT2D eigenvalue weighted by atomic mass is 9.94. The van der Waals surface area contributed by atoms with Gasteiger partial charge in [0, 0.05) is 53.6 Å². The van der Waals surface area contributed by atoms with Crippen molar-refractivity contribution < 1.29 is 0 Å². The number of nitrogens with zero attached hydrogens (tertiary/aromatic N) is 2. The van der Waals surface area contributed by atoms with Gasteiger partial charge in [0.1, 0.15) is 0 Å². The summed E-state index contributed by atoms with van der Waals surface area (Å²) < 4.78 is 5.06. The maximum absolute atomic E-state index is 2.41. The third kappa shape index (κ3) is 6.50. The van der Waals surface area contributed by atoms with Crippen LogP contribution in [-0.4, -0.2) is 4.57 Å². The molecule has 0 amide bonds. The van der Waals surface area contributed by atoms with Crippen molar-refractivity contribution in [2.45, 2.75) is 0 Å². The monoisotopic (exact) mass is 820 g/mol. The average Bonchev–Trinajstić information content (AvgIpc) is 3.91. The highest BCUT2D eigenvalue weighted by atomic mass is 32.1. The highest BCUT2D eigenvalue weighted by molar-refractivity contribution is 7.25. The number of benzene rings is 10. The normalized spacial score (nSPS) is 11.5. The molecule has 2 heterocycles. The van der Waals surface area contributed by atoms with E-state index in [0.29, 0.717) is 0 Å². The van der Waals surface area contributed by atoms with E-state index >= 15 is 0 Å². The first-order valence-corrected chi connectivity index (χ1v) is 22.3. The van der Waals surface area contributed by atoms with Crippen LogP contribution in [0.4, 0.5) is 17.1 Å². The fraction of sp³-hybridized carbons (Fsp3) is 0. The first-order valence-electron chi connectivity index (χ1n) is 21.5. The van der Waals surface area contributed by atoms with E-state index in [4.69, 9.17) is 0 Å². The zero-order valence-corrected chi connectivity index (χ0v) is 35.2. The zero-order chi connectivity index (χ0) is 41.7. The molecule has 0 saturated carbocycles. The Morgan fingerprint density at radius 3 is 1.33 bits per heavy atom. The number of rotatable bonds is 8. The van der Waals surface area contributed by atoms with Crippen molar-refractivity contribution in [3.05, 3.63) is 243 Å². The SMILES string of the molecule is c1ccc(-c2ccccc2-c2ccc(N(c3ccc(-c4ccc5sc6ccccc6c5c4)cc3)c3ccc(-c4ccccc4-n4c5ccccc5c5ccccc54)cc3)cc2)cc1. The summed E-state index contributed by atoms with van der Waals surface area (Å²) in [6.07, 6.45) is 0.